The standard InChI is InChI=1S/C19H36N2.ClH/c1-4-5-6-7-8-9-10-11-12-13-14-15-16-19-17-21(3)18(2)20-19;/h17H,4-16H2,1-3H3;1H. The number of rotatable bonds is 13. The molecule has 0 aliphatic carbocycles. The molecule has 1 heterocycles. The fraction of sp³-hybridized carbons (Fsp3) is 0.842. The lowest BCUT2D eigenvalue weighted by molar-refractivity contribution is -0.676. The van der Waals surface area contributed by atoms with E-state index in [0.717, 1.165) is 0 Å². The van der Waals surface area contributed by atoms with Crippen LogP contribution in [0.2, 0.25) is 0 Å². The van der Waals surface area contributed by atoms with Gasteiger partial charge < -0.3 is 12.4 Å². The molecule has 130 valence electrons. The Balaban J connectivity index is 0.00000441. The number of aryl methyl sites for hydroxylation is 3. The maximum atomic E-state index is 3.45. The van der Waals surface area contributed by atoms with Crippen molar-refractivity contribution in [2.75, 3.05) is 0 Å². The lowest BCUT2D eigenvalue weighted by atomic mass is 10.0. The Kier molecular flexibility index (Phi) is 13.8. The lowest BCUT2D eigenvalue weighted by Gasteiger charge is -2.02. The molecular weight excluding hydrogens is 292 g/mol. The van der Waals surface area contributed by atoms with E-state index in [1.807, 2.05) is 0 Å². The molecule has 1 N–H and O–H groups in total. The van der Waals surface area contributed by atoms with Gasteiger partial charge in [0.15, 0.2) is 0 Å². The summed E-state index contributed by atoms with van der Waals surface area (Å²) in [4.78, 5) is 3.45. The van der Waals surface area contributed by atoms with Crippen LogP contribution in [0.4, 0.5) is 0 Å². The summed E-state index contributed by atoms with van der Waals surface area (Å²) in [5.74, 6) is 1.25. The van der Waals surface area contributed by atoms with Crippen LogP contribution in [0.25, 0.3) is 0 Å². The van der Waals surface area contributed by atoms with Crippen molar-refractivity contribution in [2.24, 2.45) is 7.05 Å². The second-order valence-electron chi connectivity index (χ2n) is 6.61. The Morgan fingerprint density at radius 2 is 1.27 bits per heavy atom. The third-order valence-corrected chi connectivity index (χ3v) is 4.52. The maximum absolute atomic E-state index is 3.45. The van der Waals surface area contributed by atoms with Crippen molar-refractivity contribution in [3.63, 3.8) is 0 Å². The molecule has 0 unspecified atom stereocenters. The molecule has 22 heavy (non-hydrogen) atoms. The fourth-order valence-corrected chi connectivity index (χ4v) is 2.97. The molecule has 0 aromatic carbocycles. The quantitative estimate of drug-likeness (QED) is 0.424. The molecule has 0 aliphatic heterocycles. The minimum absolute atomic E-state index is 0. The van der Waals surface area contributed by atoms with Crippen LogP contribution in [-0.4, -0.2) is 4.98 Å². The minimum atomic E-state index is 0. The van der Waals surface area contributed by atoms with E-state index < -0.39 is 0 Å². The Bertz CT molecular complexity index is 341. The van der Waals surface area contributed by atoms with Gasteiger partial charge in [-0.05, 0) is 6.42 Å². The lowest BCUT2D eigenvalue weighted by Crippen LogP contribution is -3.00. The average Bonchev–Trinajstić information content (AvgIpc) is 2.79. The number of H-pyrrole nitrogens is 1. The molecule has 0 atom stereocenters. The first-order chi connectivity index (χ1) is 10.2. The fourth-order valence-electron chi connectivity index (χ4n) is 2.97. The first-order valence-corrected chi connectivity index (χ1v) is 9.28. The summed E-state index contributed by atoms with van der Waals surface area (Å²) in [6, 6.07) is 0. The summed E-state index contributed by atoms with van der Waals surface area (Å²) in [6.45, 7) is 4.42. The normalized spacial score (nSPS) is 10.7. The molecule has 0 radical (unpaired) electrons. The predicted octanol–water partition coefficient (Wildman–Crippen LogP) is 2.40. The number of hydrogen-bond donors (Lipinski definition) is 1. The van der Waals surface area contributed by atoms with Crippen LogP contribution in [0.1, 0.15) is 95.5 Å². The average molecular weight is 329 g/mol. The Morgan fingerprint density at radius 1 is 0.818 bits per heavy atom. The second kappa shape index (κ2) is 14.1. The summed E-state index contributed by atoms with van der Waals surface area (Å²) in [5, 5.41) is 0. The number of imidazole rings is 1. The number of nitrogens with one attached hydrogen (secondary N) is 1. The predicted molar refractivity (Wildman–Crippen MR) is 91.5 cm³/mol. The number of unbranched alkanes of at least 4 members (excludes halogenated alkanes) is 11. The second-order valence-corrected chi connectivity index (χ2v) is 6.61. The van der Waals surface area contributed by atoms with Crippen molar-refractivity contribution in [2.45, 2.75) is 97.3 Å². The van der Waals surface area contributed by atoms with Crippen LogP contribution in [0, 0.1) is 6.92 Å². The van der Waals surface area contributed by atoms with E-state index in [4.69, 9.17) is 0 Å². The largest absolute Gasteiger partial charge is 1.00 e. The van der Waals surface area contributed by atoms with Gasteiger partial charge in [-0.2, -0.15) is 0 Å². The van der Waals surface area contributed by atoms with Gasteiger partial charge in [0.2, 0.25) is 0 Å². The van der Waals surface area contributed by atoms with Crippen molar-refractivity contribution in [3.05, 3.63) is 17.7 Å². The van der Waals surface area contributed by atoms with E-state index in [-0.39, 0.29) is 12.4 Å². The zero-order valence-electron chi connectivity index (χ0n) is 15.1. The summed E-state index contributed by atoms with van der Waals surface area (Å²) >= 11 is 0. The van der Waals surface area contributed by atoms with Crippen molar-refractivity contribution in [1.82, 2.24) is 4.98 Å². The van der Waals surface area contributed by atoms with Crippen LogP contribution in [0.15, 0.2) is 6.20 Å². The molecule has 0 bridgehead atoms. The van der Waals surface area contributed by atoms with E-state index in [1.54, 1.807) is 0 Å². The minimum Gasteiger partial charge on any atom is -1.00 e. The number of nitrogens with zero attached hydrogens (tertiary/aromatic N) is 1. The Morgan fingerprint density at radius 3 is 1.68 bits per heavy atom. The SMILES string of the molecule is CCCCCCCCCCCCCCc1c[n+](C)c(C)[nH]1.[Cl-]. The van der Waals surface area contributed by atoms with Crippen molar-refractivity contribution in [1.29, 1.82) is 0 Å². The molecule has 0 aliphatic rings. The number of hydrogen-bond acceptors (Lipinski definition) is 0. The zero-order chi connectivity index (χ0) is 15.3. The zero-order valence-corrected chi connectivity index (χ0v) is 15.9. The highest BCUT2D eigenvalue weighted by Gasteiger charge is 2.06. The van der Waals surface area contributed by atoms with Crippen molar-refractivity contribution >= 4 is 0 Å². The van der Waals surface area contributed by atoms with Gasteiger partial charge in [0.1, 0.15) is 11.9 Å². The third kappa shape index (κ3) is 10.3. The molecule has 1 rings (SSSR count). The van der Waals surface area contributed by atoms with Crippen LogP contribution < -0.4 is 17.0 Å². The molecular formula is C19H37ClN2. The van der Waals surface area contributed by atoms with Gasteiger partial charge in [0.05, 0.1) is 7.05 Å². The van der Waals surface area contributed by atoms with Gasteiger partial charge in [-0.15, -0.1) is 0 Å². The van der Waals surface area contributed by atoms with E-state index in [2.05, 4.69) is 36.6 Å². The van der Waals surface area contributed by atoms with Gasteiger partial charge in [0.25, 0.3) is 5.82 Å². The van der Waals surface area contributed by atoms with Crippen molar-refractivity contribution < 1.29 is 17.0 Å². The van der Waals surface area contributed by atoms with Crippen LogP contribution in [0.5, 0.6) is 0 Å². The first kappa shape index (κ1) is 21.5. The number of halogens is 1. The third-order valence-electron chi connectivity index (χ3n) is 4.52. The van der Waals surface area contributed by atoms with Crippen LogP contribution in [0.3, 0.4) is 0 Å². The highest BCUT2D eigenvalue weighted by Crippen LogP contribution is 2.12. The van der Waals surface area contributed by atoms with Crippen molar-refractivity contribution in [3.8, 4) is 0 Å². The highest BCUT2D eigenvalue weighted by atomic mass is 35.5. The molecule has 1 aromatic heterocycles. The summed E-state index contributed by atoms with van der Waals surface area (Å²) in [7, 11) is 2.11. The van der Waals surface area contributed by atoms with E-state index >= 15 is 0 Å². The van der Waals surface area contributed by atoms with Gasteiger partial charge in [-0.3, -0.25) is 0 Å². The van der Waals surface area contributed by atoms with Gasteiger partial charge in [-0.25, -0.2) is 9.55 Å². The maximum Gasteiger partial charge on any atom is 0.251 e. The van der Waals surface area contributed by atoms with E-state index in [0.29, 0.717) is 0 Å². The van der Waals surface area contributed by atoms with Gasteiger partial charge in [-0.1, -0.05) is 77.6 Å². The summed E-state index contributed by atoms with van der Waals surface area (Å²) < 4.78 is 2.18. The molecule has 3 heteroatoms. The van der Waals surface area contributed by atoms with Crippen LogP contribution in [-0.2, 0) is 13.5 Å². The monoisotopic (exact) mass is 328 g/mol. The van der Waals surface area contributed by atoms with Gasteiger partial charge in [0, 0.05) is 13.3 Å². The molecule has 0 saturated heterocycles. The van der Waals surface area contributed by atoms with E-state index in [9.17, 15) is 0 Å². The number of aromatic nitrogens is 2. The summed E-state index contributed by atoms with van der Waals surface area (Å²) in [5.41, 5.74) is 1.39. The molecule has 2 nitrogen and oxygen atoms in total. The van der Waals surface area contributed by atoms with Crippen LogP contribution >= 0.6 is 0 Å². The molecule has 1 aromatic rings. The molecule has 0 amide bonds. The highest BCUT2D eigenvalue weighted by molar-refractivity contribution is 4.93. The Hall–Kier alpha value is -0.500. The topological polar surface area (TPSA) is 19.7 Å². The summed E-state index contributed by atoms with van der Waals surface area (Å²) in [6.07, 6.45) is 20.5. The molecule has 0 spiro atoms. The Labute approximate surface area is 144 Å². The first-order valence-electron chi connectivity index (χ1n) is 9.28. The van der Waals surface area contributed by atoms with E-state index in [1.165, 1.54) is 95.0 Å². The molecule has 0 fully saturated rings. The number of aromatic amines is 1. The smallest absolute Gasteiger partial charge is 0.251 e. The van der Waals surface area contributed by atoms with Gasteiger partial charge >= 0.3 is 0 Å². The molecule has 0 saturated carbocycles.